The Hall–Kier alpha value is -2.16. The second kappa shape index (κ2) is 11.7. The van der Waals surface area contributed by atoms with Gasteiger partial charge in [-0.3, -0.25) is 19.2 Å². The van der Waals surface area contributed by atoms with E-state index in [0.717, 1.165) is 0 Å². The summed E-state index contributed by atoms with van der Waals surface area (Å²) in [7, 11) is 0. The Bertz CT molecular complexity index is 593. The van der Waals surface area contributed by atoms with Gasteiger partial charge in [0.05, 0.1) is 12.6 Å². The molecule has 4 amide bonds. The molecule has 0 bridgehead atoms. The zero-order valence-corrected chi connectivity index (χ0v) is 18.1. The molecule has 1 saturated heterocycles. The maximum atomic E-state index is 12.8. The molecule has 1 rings (SSSR count). The lowest BCUT2D eigenvalue weighted by atomic mass is 9.97. The van der Waals surface area contributed by atoms with Crippen LogP contribution >= 0.6 is 0 Å². The molecule has 0 radical (unpaired) electrons. The number of carbonyl (C=O) groups is 4. The molecule has 0 aliphatic carbocycles. The Kier molecular flexibility index (Phi) is 10.1. The van der Waals surface area contributed by atoms with E-state index in [1.807, 2.05) is 27.7 Å². The highest BCUT2D eigenvalue weighted by molar-refractivity contribution is 5.92. The zero-order chi connectivity index (χ0) is 22.1. The van der Waals surface area contributed by atoms with E-state index < -0.39 is 29.9 Å². The Morgan fingerprint density at radius 3 is 2.21 bits per heavy atom. The summed E-state index contributed by atoms with van der Waals surface area (Å²) in [5.41, 5.74) is 0. The van der Waals surface area contributed by atoms with Gasteiger partial charge in [-0.25, -0.2) is 0 Å². The number of nitrogens with one attached hydrogen (secondary N) is 4. The van der Waals surface area contributed by atoms with Gasteiger partial charge in [0.1, 0.15) is 12.1 Å². The average molecular weight is 413 g/mol. The summed E-state index contributed by atoms with van der Waals surface area (Å²) in [4.78, 5) is 48.7. The summed E-state index contributed by atoms with van der Waals surface area (Å²) in [6, 6.07) is -2.12. The lowest BCUT2D eigenvalue weighted by Crippen LogP contribution is -2.56. The minimum Gasteiger partial charge on any atom is -0.394 e. The average Bonchev–Trinajstić information content (AvgIpc) is 3.02. The summed E-state index contributed by atoms with van der Waals surface area (Å²) >= 11 is 0. The Labute approximate surface area is 172 Å². The molecule has 1 fully saturated rings. The first-order chi connectivity index (χ1) is 13.5. The first kappa shape index (κ1) is 24.9. The normalized spacial score (nSPS) is 19.4. The predicted octanol–water partition coefficient (Wildman–Crippen LogP) is -0.319. The number of rotatable bonds is 11. The van der Waals surface area contributed by atoms with Gasteiger partial charge in [-0.1, -0.05) is 27.7 Å². The van der Waals surface area contributed by atoms with Crippen LogP contribution in [-0.4, -0.2) is 60.0 Å². The molecule has 1 heterocycles. The topological polar surface area (TPSA) is 137 Å². The third kappa shape index (κ3) is 8.39. The van der Waals surface area contributed by atoms with Crippen LogP contribution in [0.2, 0.25) is 0 Å². The first-order valence-electron chi connectivity index (χ1n) is 10.3. The highest BCUT2D eigenvalue weighted by Crippen LogP contribution is 2.16. The van der Waals surface area contributed by atoms with Crippen molar-refractivity contribution in [3.63, 3.8) is 0 Å². The lowest BCUT2D eigenvalue weighted by molar-refractivity contribution is -0.133. The van der Waals surface area contributed by atoms with Crippen molar-refractivity contribution in [3.05, 3.63) is 0 Å². The molecular formula is C20H36N4O5. The van der Waals surface area contributed by atoms with E-state index in [9.17, 15) is 24.3 Å². The number of hydrogen-bond acceptors (Lipinski definition) is 5. The second-order valence-electron chi connectivity index (χ2n) is 8.51. The number of carbonyl (C=O) groups excluding carboxylic acids is 4. The van der Waals surface area contributed by atoms with Crippen LogP contribution in [0, 0.1) is 17.8 Å². The fourth-order valence-electron chi connectivity index (χ4n) is 3.41. The third-order valence-electron chi connectivity index (χ3n) is 4.95. The molecule has 0 spiro atoms. The van der Waals surface area contributed by atoms with Crippen LogP contribution in [-0.2, 0) is 19.2 Å². The molecule has 0 unspecified atom stereocenters. The monoisotopic (exact) mass is 412 g/mol. The van der Waals surface area contributed by atoms with Crippen molar-refractivity contribution in [2.75, 3.05) is 13.2 Å². The van der Waals surface area contributed by atoms with Crippen LogP contribution in [0.1, 0.15) is 53.9 Å². The maximum absolute atomic E-state index is 12.8. The number of amides is 4. The van der Waals surface area contributed by atoms with E-state index in [-0.39, 0.29) is 36.2 Å². The fraction of sp³-hybridized carbons (Fsp3) is 0.800. The second-order valence-corrected chi connectivity index (χ2v) is 8.51. The number of aliphatic hydroxyl groups is 1. The predicted molar refractivity (Wildman–Crippen MR) is 109 cm³/mol. The minimum atomic E-state index is -0.802. The van der Waals surface area contributed by atoms with Gasteiger partial charge in [0.25, 0.3) is 0 Å². The summed E-state index contributed by atoms with van der Waals surface area (Å²) < 4.78 is 0. The molecule has 1 aliphatic rings. The molecule has 0 aromatic heterocycles. The lowest BCUT2D eigenvalue weighted by Gasteiger charge is -2.27. The minimum absolute atomic E-state index is 0.0696. The Morgan fingerprint density at radius 2 is 1.76 bits per heavy atom. The molecule has 0 saturated carbocycles. The third-order valence-corrected chi connectivity index (χ3v) is 4.95. The van der Waals surface area contributed by atoms with Gasteiger partial charge >= 0.3 is 0 Å². The largest absolute Gasteiger partial charge is 0.394 e. The zero-order valence-electron chi connectivity index (χ0n) is 18.1. The van der Waals surface area contributed by atoms with E-state index in [2.05, 4.69) is 21.3 Å². The van der Waals surface area contributed by atoms with Gasteiger partial charge in [-0.05, 0) is 31.1 Å². The first-order valence-corrected chi connectivity index (χ1v) is 10.3. The number of hydrogen-bond donors (Lipinski definition) is 5. The van der Waals surface area contributed by atoms with Crippen molar-refractivity contribution >= 4 is 23.6 Å². The molecule has 9 nitrogen and oxygen atoms in total. The van der Waals surface area contributed by atoms with E-state index in [1.54, 1.807) is 0 Å². The summed E-state index contributed by atoms with van der Waals surface area (Å²) in [5.74, 6) is -1.47. The van der Waals surface area contributed by atoms with Gasteiger partial charge in [0.15, 0.2) is 0 Å². The van der Waals surface area contributed by atoms with Crippen LogP contribution in [0.4, 0.5) is 0 Å². The SMILES string of the molecule is CC(=O)N[C@H](C(=O)N[C@@H](CC(C)C)C(=O)N[C@H](CO)C[C@@H]1CCNC1=O)C(C)C. The van der Waals surface area contributed by atoms with Crippen molar-refractivity contribution in [2.24, 2.45) is 17.8 Å². The Balaban J connectivity index is 2.80. The highest BCUT2D eigenvalue weighted by Gasteiger charge is 2.31. The van der Waals surface area contributed by atoms with E-state index in [0.29, 0.717) is 25.8 Å². The van der Waals surface area contributed by atoms with Gasteiger partial charge in [-0.15, -0.1) is 0 Å². The smallest absolute Gasteiger partial charge is 0.243 e. The highest BCUT2D eigenvalue weighted by atomic mass is 16.3. The van der Waals surface area contributed by atoms with Gasteiger partial charge in [0, 0.05) is 19.4 Å². The van der Waals surface area contributed by atoms with Gasteiger partial charge in [-0.2, -0.15) is 0 Å². The van der Waals surface area contributed by atoms with Crippen LogP contribution in [0.15, 0.2) is 0 Å². The van der Waals surface area contributed by atoms with E-state index in [1.165, 1.54) is 6.92 Å². The molecule has 4 atom stereocenters. The van der Waals surface area contributed by atoms with E-state index in [4.69, 9.17) is 0 Å². The summed E-state index contributed by atoms with van der Waals surface area (Å²) in [5, 5.41) is 20.5. The number of aliphatic hydroxyl groups excluding tert-OH is 1. The van der Waals surface area contributed by atoms with Crippen molar-refractivity contribution in [1.29, 1.82) is 0 Å². The van der Waals surface area contributed by atoms with Gasteiger partial charge < -0.3 is 26.4 Å². The molecule has 166 valence electrons. The van der Waals surface area contributed by atoms with Crippen LogP contribution in [0.3, 0.4) is 0 Å². The van der Waals surface area contributed by atoms with Crippen LogP contribution in [0.25, 0.3) is 0 Å². The van der Waals surface area contributed by atoms with Gasteiger partial charge in [0.2, 0.25) is 23.6 Å². The molecular weight excluding hydrogens is 376 g/mol. The molecule has 1 aliphatic heterocycles. The standard InChI is InChI=1S/C20H36N4O5/c1-11(2)8-16(24-20(29)17(12(3)4)22-13(5)26)19(28)23-15(10-25)9-14-6-7-21-18(14)27/h11-12,14-17,25H,6-10H2,1-5H3,(H,21,27)(H,22,26)(H,23,28)(H,24,29)/t14-,15-,16-,17-/m0/s1. The maximum Gasteiger partial charge on any atom is 0.243 e. The van der Waals surface area contributed by atoms with E-state index >= 15 is 0 Å². The molecule has 9 heteroatoms. The van der Waals surface area contributed by atoms with Crippen molar-refractivity contribution in [3.8, 4) is 0 Å². The molecule has 5 N–H and O–H groups in total. The Morgan fingerprint density at radius 1 is 1.10 bits per heavy atom. The summed E-state index contributed by atoms with van der Waals surface area (Å²) in [6.07, 6.45) is 1.42. The molecule has 0 aromatic carbocycles. The molecule has 29 heavy (non-hydrogen) atoms. The fourth-order valence-corrected chi connectivity index (χ4v) is 3.41. The van der Waals surface area contributed by atoms with Crippen molar-refractivity contribution in [1.82, 2.24) is 21.3 Å². The van der Waals surface area contributed by atoms with Crippen LogP contribution in [0.5, 0.6) is 0 Å². The van der Waals surface area contributed by atoms with Crippen molar-refractivity contribution in [2.45, 2.75) is 72.0 Å². The summed E-state index contributed by atoms with van der Waals surface area (Å²) in [6.45, 7) is 9.14. The van der Waals surface area contributed by atoms with Crippen molar-refractivity contribution < 1.29 is 24.3 Å². The quantitative estimate of drug-likeness (QED) is 0.317. The van der Waals surface area contributed by atoms with Crippen LogP contribution < -0.4 is 21.3 Å². The molecule has 0 aromatic rings.